The lowest BCUT2D eigenvalue weighted by Gasteiger charge is -2.34. The van der Waals surface area contributed by atoms with E-state index in [1.165, 1.54) is 0 Å². The number of ether oxygens (including phenoxy) is 2. The van der Waals surface area contributed by atoms with Crippen molar-refractivity contribution in [3.63, 3.8) is 0 Å². The van der Waals surface area contributed by atoms with E-state index >= 15 is 0 Å². The fourth-order valence-electron chi connectivity index (χ4n) is 2.03. The maximum absolute atomic E-state index is 12.1. The summed E-state index contributed by atoms with van der Waals surface area (Å²) in [6.07, 6.45) is -0.499. The van der Waals surface area contributed by atoms with Crippen LogP contribution in [0.15, 0.2) is 24.3 Å². The lowest BCUT2D eigenvalue weighted by Crippen LogP contribution is -2.44. The van der Waals surface area contributed by atoms with Crippen LogP contribution < -0.4 is 0 Å². The first-order valence-electron chi connectivity index (χ1n) is 6.73. The SMILES string of the molecule is CC(C)(C)OC(=O)N1CCO[C@H](c2ccc(O)cc2)C1. The molecular formula is C15H21NO4. The summed E-state index contributed by atoms with van der Waals surface area (Å²) in [4.78, 5) is 13.7. The van der Waals surface area contributed by atoms with Gasteiger partial charge in [0.05, 0.1) is 13.2 Å². The van der Waals surface area contributed by atoms with Crippen LogP contribution >= 0.6 is 0 Å². The fraction of sp³-hybridized carbons (Fsp3) is 0.533. The van der Waals surface area contributed by atoms with Gasteiger partial charge in [-0.05, 0) is 38.5 Å². The van der Waals surface area contributed by atoms with E-state index < -0.39 is 5.60 Å². The lowest BCUT2D eigenvalue weighted by molar-refractivity contribution is -0.0433. The van der Waals surface area contributed by atoms with Gasteiger partial charge in [-0.25, -0.2) is 4.79 Å². The molecule has 1 amide bonds. The summed E-state index contributed by atoms with van der Waals surface area (Å²) in [5.41, 5.74) is 0.444. The summed E-state index contributed by atoms with van der Waals surface area (Å²) in [5, 5.41) is 9.30. The van der Waals surface area contributed by atoms with Gasteiger partial charge in [0.25, 0.3) is 0 Å². The number of hydrogen-bond acceptors (Lipinski definition) is 4. The van der Waals surface area contributed by atoms with E-state index in [0.29, 0.717) is 19.7 Å². The Balaban J connectivity index is 2.01. The Morgan fingerprint density at radius 3 is 2.60 bits per heavy atom. The number of nitrogens with zero attached hydrogens (tertiary/aromatic N) is 1. The number of morpholine rings is 1. The number of carbonyl (C=O) groups is 1. The summed E-state index contributed by atoms with van der Waals surface area (Å²) in [7, 11) is 0. The van der Waals surface area contributed by atoms with Crippen LogP contribution in [0.25, 0.3) is 0 Å². The Bertz CT molecular complexity index is 464. The molecule has 5 heteroatoms. The summed E-state index contributed by atoms with van der Waals surface area (Å²) in [6.45, 7) is 7.02. The van der Waals surface area contributed by atoms with Crippen molar-refractivity contribution in [2.45, 2.75) is 32.5 Å². The van der Waals surface area contributed by atoms with E-state index in [4.69, 9.17) is 9.47 Å². The quantitative estimate of drug-likeness (QED) is 0.858. The number of benzene rings is 1. The van der Waals surface area contributed by atoms with Crippen molar-refractivity contribution in [2.24, 2.45) is 0 Å². The van der Waals surface area contributed by atoms with Gasteiger partial charge in [-0.1, -0.05) is 12.1 Å². The van der Waals surface area contributed by atoms with Crippen LogP contribution in [0, 0.1) is 0 Å². The number of carbonyl (C=O) groups excluding carboxylic acids is 1. The van der Waals surface area contributed by atoms with E-state index in [2.05, 4.69) is 0 Å². The first-order valence-corrected chi connectivity index (χ1v) is 6.73. The summed E-state index contributed by atoms with van der Waals surface area (Å²) < 4.78 is 11.1. The van der Waals surface area contributed by atoms with Gasteiger partial charge < -0.3 is 19.5 Å². The topological polar surface area (TPSA) is 59.0 Å². The van der Waals surface area contributed by atoms with Crippen molar-refractivity contribution >= 4 is 6.09 Å². The maximum atomic E-state index is 12.1. The van der Waals surface area contributed by atoms with E-state index in [-0.39, 0.29) is 17.9 Å². The van der Waals surface area contributed by atoms with Crippen molar-refractivity contribution in [2.75, 3.05) is 19.7 Å². The Labute approximate surface area is 119 Å². The molecule has 1 heterocycles. The van der Waals surface area contributed by atoms with Gasteiger partial charge in [0.1, 0.15) is 17.5 Å². The van der Waals surface area contributed by atoms with Gasteiger partial charge in [-0.2, -0.15) is 0 Å². The molecule has 110 valence electrons. The van der Waals surface area contributed by atoms with Crippen molar-refractivity contribution in [1.29, 1.82) is 0 Å². The zero-order valence-corrected chi connectivity index (χ0v) is 12.1. The van der Waals surface area contributed by atoms with Crippen molar-refractivity contribution in [3.8, 4) is 5.75 Å². The second kappa shape index (κ2) is 5.71. The van der Waals surface area contributed by atoms with Crippen LogP contribution in [0.2, 0.25) is 0 Å². The molecule has 0 radical (unpaired) electrons. The van der Waals surface area contributed by atoms with Crippen LogP contribution in [0.5, 0.6) is 5.75 Å². The average molecular weight is 279 g/mol. The predicted molar refractivity (Wildman–Crippen MR) is 74.6 cm³/mol. The first-order chi connectivity index (χ1) is 9.35. The molecular weight excluding hydrogens is 258 g/mol. The second-order valence-electron chi connectivity index (χ2n) is 5.88. The number of phenolic OH excluding ortho intramolecular Hbond substituents is 1. The Morgan fingerprint density at radius 2 is 2.00 bits per heavy atom. The highest BCUT2D eigenvalue weighted by atomic mass is 16.6. The van der Waals surface area contributed by atoms with Gasteiger partial charge >= 0.3 is 6.09 Å². The predicted octanol–water partition coefficient (Wildman–Crippen LogP) is 2.70. The van der Waals surface area contributed by atoms with Gasteiger partial charge in [0.2, 0.25) is 0 Å². The molecule has 1 aromatic carbocycles. The molecule has 0 unspecified atom stereocenters. The minimum atomic E-state index is -0.497. The van der Waals surface area contributed by atoms with Gasteiger partial charge in [0.15, 0.2) is 0 Å². The van der Waals surface area contributed by atoms with Crippen LogP contribution in [0.4, 0.5) is 4.79 Å². The minimum absolute atomic E-state index is 0.183. The molecule has 5 nitrogen and oxygen atoms in total. The molecule has 0 aromatic heterocycles. The zero-order valence-electron chi connectivity index (χ0n) is 12.1. The number of aromatic hydroxyl groups is 1. The smallest absolute Gasteiger partial charge is 0.410 e. The summed E-state index contributed by atoms with van der Waals surface area (Å²) in [6, 6.07) is 6.84. The average Bonchev–Trinajstić information content (AvgIpc) is 2.38. The third-order valence-electron chi connectivity index (χ3n) is 2.98. The molecule has 1 fully saturated rings. The van der Waals surface area contributed by atoms with Crippen molar-refractivity contribution in [3.05, 3.63) is 29.8 Å². The molecule has 1 aromatic rings. The van der Waals surface area contributed by atoms with E-state index in [9.17, 15) is 9.90 Å². The minimum Gasteiger partial charge on any atom is -0.508 e. The third kappa shape index (κ3) is 3.87. The van der Waals surface area contributed by atoms with E-state index in [1.54, 1.807) is 29.2 Å². The molecule has 1 saturated heterocycles. The van der Waals surface area contributed by atoms with E-state index in [1.807, 2.05) is 20.8 Å². The maximum Gasteiger partial charge on any atom is 0.410 e. The number of hydrogen-bond donors (Lipinski definition) is 1. The second-order valence-corrected chi connectivity index (χ2v) is 5.88. The molecule has 1 aliphatic rings. The third-order valence-corrected chi connectivity index (χ3v) is 2.98. The molecule has 20 heavy (non-hydrogen) atoms. The van der Waals surface area contributed by atoms with Crippen LogP contribution in [0.3, 0.4) is 0 Å². The standard InChI is InChI=1S/C15H21NO4/c1-15(2,3)20-14(18)16-8-9-19-13(10-16)11-4-6-12(17)7-5-11/h4-7,13,17H,8-10H2,1-3H3/t13-/m0/s1. The molecule has 1 atom stereocenters. The normalized spacial score (nSPS) is 19.8. The van der Waals surface area contributed by atoms with Crippen molar-refractivity contribution in [1.82, 2.24) is 4.90 Å². The highest BCUT2D eigenvalue weighted by Crippen LogP contribution is 2.24. The number of rotatable bonds is 1. The Morgan fingerprint density at radius 1 is 1.35 bits per heavy atom. The Kier molecular flexibility index (Phi) is 4.18. The molecule has 1 aliphatic heterocycles. The summed E-state index contributed by atoms with van der Waals surface area (Å²) in [5.74, 6) is 0.216. The highest BCUT2D eigenvalue weighted by Gasteiger charge is 2.28. The molecule has 0 saturated carbocycles. The molecule has 0 aliphatic carbocycles. The van der Waals surface area contributed by atoms with Gasteiger partial charge in [-0.3, -0.25) is 0 Å². The number of phenols is 1. The monoisotopic (exact) mass is 279 g/mol. The fourth-order valence-corrected chi connectivity index (χ4v) is 2.03. The number of amides is 1. The molecule has 0 spiro atoms. The zero-order chi connectivity index (χ0) is 14.8. The molecule has 0 bridgehead atoms. The van der Waals surface area contributed by atoms with Crippen LogP contribution in [-0.2, 0) is 9.47 Å². The highest BCUT2D eigenvalue weighted by molar-refractivity contribution is 5.68. The van der Waals surface area contributed by atoms with Gasteiger partial charge in [0, 0.05) is 6.54 Å². The van der Waals surface area contributed by atoms with Crippen LogP contribution in [0.1, 0.15) is 32.4 Å². The lowest BCUT2D eigenvalue weighted by atomic mass is 10.1. The van der Waals surface area contributed by atoms with Crippen LogP contribution in [-0.4, -0.2) is 41.4 Å². The summed E-state index contributed by atoms with van der Waals surface area (Å²) >= 11 is 0. The molecule has 1 N–H and O–H groups in total. The van der Waals surface area contributed by atoms with Crippen molar-refractivity contribution < 1.29 is 19.4 Å². The first kappa shape index (κ1) is 14.7. The van der Waals surface area contributed by atoms with E-state index in [0.717, 1.165) is 5.56 Å². The Hall–Kier alpha value is -1.75. The van der Waals surface area contributed by atoms with Gasteiger partial charge in [-0.15, -0.1) is 0 Å². The molecule has 2 rings (SSSR count). The largest absolute Gasteiger partial charge is 0.508 e.